The van der Waals surface area contributed by atoms with Crippen molar-refractivity contribution in [1.82, 2.24) is 5.32 Å². The second-order valence-electron chi connectivity index (χ2n) is 3.57. The van der Waals surface area contributed by atoms with E-state index in [1.165, 1.54) is 6.07 Å². The molecule has 1 amide bonds. The van der Waals surface area contributed by atoms with Gasteiger partial charge in [0.2, 0.25) is 0 Å². The number of ether oxygens (including phenoxy) is 1. The van der Waals surface area contributed by atoms with Crippen LogP contribution in [0.15, 0.2) is 18.2 Å². The van der Waals surface area contributed by atoms with Crippen LogP contribution in [0.4, 0.5) is 18.0 Å². The number of halogens is 4. The number of benzene rings is 1. The van der Waals surface area contributed by atoms with Crippen LogP contribution in [0, 0.1) is 0 Å². The summed E-state index contributed by atoms with van der Waals surface area (Å²) in [6.07, 6.45) is -5.12. The van der Waals surface area contributed by atoms with Crippen LogP contribution >= 0.6 is 11.6 Å². The molecule has 1 aromatic carbocycles. The molecule has 0 radical (unpaired) electrons. The maximum absolute atomic E-state index is 12.5. The summed E-state index contributed by atoms with van der Waals surface area (Å²) in [6.45, 7) is -0.00350. The molecule has 0 aliphatic carbocycles. The fourth-order valence-electron chi connectivity index (χ4n) is 1.54. The maximum atomic E-state index is 12.5. The van der Waals surface area contributed by atoms with Crippen LogP contribution in [0.2, 0.25) is 5.02 Å². The Hall–Kier alpha value is -1.43. The monoisotopic (exact) mass is 265 g/mol. The molecule has 2 rings (SSSR count). The second kappa shape index (κ2) is 4.10. The molecule has 17 heavy (non-hydrogen) atoms. The molecule has 1 saturated heterocycles. The van der Waals surface area contributed by atoms with Crippen molar-refractivity contribution < 1.29 is 22.7 Å². The predicted octanol–water partition coefficient (Wildman–Crippen LogP) is 3.14. The number of amides is 1. The van der Waals surface area contributed by atoms with E-state index in [-0.39, 0.29) is 17.2 Å². The summed E-state index contributed by atoms with van der Waals surface area (Å²) in [5.74, 6) is 0. The molecule has 0 aromatic heterocycles. The zero-order valence-corrected chi connectivity index (χ0v) is 9.10. The normalized spacial score (nSPS) is 20.0. The number of carbonyl (C=O) groups is 1. The fraction of sp³-hybridized carbons (Fsp3) is 0.300. The molecule has 1 fully saturated rings. The number of nitrogens with one attached hydrogen (secondary N) is 1. The minimum Gasteiger partial charge on any atom is -0.447 e. The Balaban J connectivity index is 2.35. The summed E-state index contributed by atoms with van der Waals surface area (Å²) < 4.78 is 42.2. The number of alkyl carbamates (subject to hydrolysis) is 1. The third-order valence-corrected chi connectivity index (χ3v) is 2.54. The Morgan fingerprint density at radius 1 is 1.35 bits per heavy atom. The van der Waals surface area contributed by atoms with Crippen molar-refractivity contribution in [3.05, 3.63) is 34.3 Å². The van der Waals surface area contributed by atoms with Crippen LogP contribution in [0.1, 0.15) is 17.2 Å². The zero-order valence-electron chi connectivity index (χ0n) is 8.34. The van der Waals surface area contributed by atoms with Gasteiger partial charge in [-0.25, -0.2) is 4.79 Å². The Labute approximate surface area is 99.5 Å². The van der Waals surface area contributed by atoms with E-state index in [9.17, 15) is 18.0 Å². The van der Waals surface area contributed by atoms with Crippen molar-refractivity contribution in [3.8, 4) is 0 Å². The first-order valence-corrected chi connectivity index (χ1v) is 5.05. The molecule has 7 heteroatoms. The molecule has 1 aromatic rings. The van der Waals surface area contributed by atoms with Crippen LogP contribution in [0.3, 0.4) is 0 Å². The van der Waals surface area contributed by atoms with E-state index >= 15 is 0 Å². The molecular formula is C10H7ClF3NO2. The van der Waals surface area contributed by atoms with Crippen LogP contribution in [-0.4, -0.2) is 12.7 Å². The topological polar surface area (TPSA) is 38.3 Å². The van der Waals surface area contributed by atoms with E-state index in [4.69, 9.17) is 11.6 Å². The van der Waals surface area contributed by atoms with E-state index in [0.29, 0.717) is 0 Å². The Bertz CT molecular complexity index is 461. The lowest BCUT2D eigenvalue weighted by molar-refractivity contribution is -0.137. The molecule has 1 heterocycles. The first-order chi connectivity index (χ1) is 7.86. The van der Waals surface area contributed by atoms with E-state index < -0.39 is 23.9 Å². The minimum atomic E-state index is -4.47. The Morgan fingerprint density at radius 3 is 2.59 bits per heavy atom. The van der Waals surface area contributed by atoms with Crippen LogP contribution in [0.25, 0.3) is 0 Å². The fourth-order valence-corrected chi connectivity index (χ4v) is 1.78. The number of hydrogen-bond acceptors (Lipinski definition) is 2. The van der Waals surface area contributed by atoms with Gasteiger partial charge in [-0.3, -0.25) is 0 Å². The lowest BCUT2D eigenvalue weighted by Gasteiger charge is -2.12. The zero-order chi connectivity index (χ0) is 12.6. The molecule has 1 aliphatic rings. The van der Waals surface area contributed by atoms with Crippen LogP contribution < -0.4 is 5.32 Å². The molecule has 1 N–H and O–H groups in total. The van der Waals surface area contributed by atoms with Gasteiger partial charge in [0.05, 0.1) is 11.6 Å². The number of carbonyl (C=O) groups excluding carboxylic acids is 1. The van der Waals surface area contributed by atoms with Gasteiger partial charge < -0.3 is 10.1 Å². The summed E-state index contributed by atoms with van der Waals surface area (Å²) >= 11 is 5.62. The Kier molecular flexibility index (Phi) is 2.91. The van der Waals surface area contributed by atoms with E-state index in [1.54, 1.807) is 0 Å². The average Bonchev–Trinajstić information content (AvgIpc) is 2.62. The van der Waals surface area contributed by atoms with Gasteiger partial charge in [0, 0.05) is 5.02 Å². The van der Waals surface area contributed by atoms with Crippen molar-refractivity contribution in [2.24, 2.45) is 0 Å². The summed E-state index contributed by atoms with van der Waals surface area (Å²) in [7, 11) is 0. The molecule has 0 spiro atoms. The van der Waals surface area contributed by atoms with E-state index in [1.807, 2.05) is 0 Å². The summed E-state index contributed by atoms with van der Waals surface area (Å²) in [5.41, 5.74) is -0.572. The third-order valence-electron chi connectivity index (χ3n) is 2.32. The van der Waals surface area contributed by atoms with Gasteiger partial charge in [-0.1, -0.05) is 11.6 Å². The molecule has 0 saturated carbocycles. The van der Waals surface area contributed by atoms with Gasteiger partial charge in [-0.15, -0.1) is 0 Å². The van der Waals surface area contributed by atoms with Gasteiger partial charge in [-0.05, 0) is 23.8 Å². The number of alkyl halides is 3. The minimum absolute atomic E-state index is 0.00350. The van der Waals surface area contributed by atoms with E-state index in [2.05, 4.69) is 10.1 Å². The molecular weight excluding hydrogens is 259 g/mol. The quantitative estimate of drug-likeness (QED) is 0.847. The van der Waals surface area contributed by atoms with Gasteiger partial charge in [0.1, 0.15) is 6.61 Å². The standard InChI is InChI=1S/C10H7ClF3NO2/c11-7-2-5(8-4-17-9(16)15-8)1-6(3-7)10(12,13)14/h1-3,8H,4H2,(H,15,16)/t8-/m0/s1. The van der Waals surface area contributed by atoms with Crippen molar-refractivity contribution in [3.63, 3.8) is 0 Å². The first-order valence-electron chi connectivity index (χ1n) is 4.67. The van der Waals surface area contributed by atoms with Gasteiger partial charge in [0.15, 0.2) is 0 Å². The first kappa shape index (κ1) is 12.0. The predicted molar refractivity (Wildman–Crippen MR) is 53.7 cm³/mol. The summed E-state index contributed by atoms with van der Waals surface area (Å²) in [6, 6.07) is 2.56. The smallest absolute Gasteiger partial charge is 0.416 e. The van der Waals surface area contributed by atoms with Crippen LogP contribution in [-0.2, 0) is 10.9 Å². The Morgan fingerprint density at radius 2 is 2.06 bits per heavy atom. The number of hydrogen-bond donors (Lipinski definition) is 1. The largest absolute Gasteiger partial charge is 0.447 e. The average molecular weight is 266 g/mol. The number of rotatable bonds is 1. The lowest BCUT2D eigenvalue weighted by Crippen LogP contribution is -2.19. The highest BCUT2D eigenvalue weighted by atomic mass is 35.5. The third kappa shape index (κ3) is 2.63. The van der Waals surface area contributed by atoms with Crippen LogP contribution in [0.5, 0.6) is 0 Å². The van der Waals surface area contributed by atoms with Crippen molar-refractivity contribution in [2.45, 2.75) is 12.2 Å². The molecule has 92 valence electrons. The highest BCUT2D eigenvalue weighted by molar-refractivity contribution is 6.30. The second-order valence-corrected chi connectivity index (χ2v) is 4.00. The van der Waals surface area contributed by atoms with Gasteiger partial charge in [0.25, 0.3) is 0 Å². The highest BCUT2D eigenvalue weighted by Gasteiger charge is 2.33. The van der Waals surface area contributed by atoms with Crippen molar-refractivity contribution in [1.29, 1.82) is 0 Å². The summed E-state index contributed by atoms with van der Waals surface area (Å²) in [4.78, 5) is 10.8. The highest BCUT2D eigenvalue weighted by Crippen LogP contribution is 2.33. The van der Waals surface area contributed by atoms with Gasteiger partial charge >= 0.3 is 12.3 Å². The molecule has 0 unspecified atom stereocenters. The molecule has 0 bridgehead atoms. The van der Waals surface area contributed by atoms with Gasteiger partial charge in [-0.2, -0.15) is 13.2 Å². The molecule has 3 nitrogen and oxygen atoms in total. The van der Waals surface area contributed by atoms with Crippen molar-refractivity contribution in [2.75, 3.05) is 6.61 Å². The summed E-state index contributed by atoms with van der Waals surface area (Å²) in [5, 5.41) is 2.36. The SMILES string of the molecule is O=C1N[C@H](c2cc(Cl)cc(C(F)(F)F)c2)CO1. The number of cyclic esters (lactones) is 1. The van der Waals surface area contributed by atoms with E-state index in [0.717, 1.165) is 12.1 Å². The maximum Gasteiger partial charge on any atom is 0.416 e. The molecule has 1 aliphatic heterocycles. The van der Waals surface area contributed by atoms with Crippen molar-refractivity contribution >= 4 is 17.7 Å². The lowest BCUT2D eigenvalue weighted by atomic mass is 10.0. The molecule has 1 atom stereocenters.